The first-order valence-corrected chi connectivity index (χ1v) is 9.85. The molecule has 1 aliphatic heterocycles. The van der Waals surface area contributed by atoms with Gasteiger partial charge in [0.05, 0.1) is 47.3 Å². The van der Waals surface area contributed by atoms with Crippen molar-refractivity contribution in [1.82, 2.24) is 14.9 Å². The number of halogens is 2. The molecule has 4 rings (SSSR count). The van der Waals surface area contributed by atoms with Gasteiger partial charge in [0.2, 0.25) is 5.91 Å². The molecule has 0 aliphatic carbocycles. The first-order valence-electron chi connectivity index (χ1n) is 9.09. The number of hydrogen-bond acceptors (Lipinski definition) is 4. The van der Waals surface area contributed by atoms with Crippen LogP contribution in [0.1, 0.15) is 11.4 Å². The van der Waals surface area contributed by atoms with E-state index in [1.54, 1.807) is 18.2 Å². The van der Waals surface area contributed by atoms with Crippen molar-refractivity contribution in [3.8, 4) is 0 Å². The van der Waals surface area contributed by atoms with Crippen LogP contribution in [0.4, 0.5) is 5.69 Å². The Morgan fingerprint density at radius 1 is 1.14 bits per heavy atom. The summed E-state index contributed by atoms with van der Waals surface area (Å²) in [5.74, 6) is 0.793. The van der Waals surface area contributed by atoms with E-state index in [9.17, 15) is 4.79 Å². The number of H-pyrrole nitrogens is 1. The van der Waals surface area contributed by atoms with Gasteiger partial charge in [-0.15, -0.1) is 0 Å². The number of imidazole rings is 1. The van der Waals surface area contributed by atoms with E-state index in [4.69, 9.17) is 27.9 Å². The maximum atomic E-state index is 12.4. The minimum absolute atomic E-state index is 0.120. The summed E-state index contributed by atoms with van der Waals surface area (Å²) in [6, 6.07) is 10.9. The molecule has 0 atom stereocenters. The molecular formula is C20H20Cl2N4O2. The van der Waals surface area contributed by atoms with Crippen molar-refractivity contribution in [3.63, 3.8) is 0 Å². The quantitative estimate of drug-likeness (QED) is 0.659. The van der Waals surface area contributed by atoms with Crippen LogP contribution in [0, 0.1) is 0 Å². The van der Waals surface area contributed by atoms with Crippen molar-refractivity contribution in [2.24, 2.45) is 0 Å². The Hall–Kier alpha value is -2.12. The highest BCUT2D eigenvalue weighted by Crippen LogP contribution is 2.23. The summed E-state index contributed by atoms with van der Waals surface area (Å²) >= 11 is 11.9. The van der Waals surface area contributed by atoms with Crippen LogP contribution in [0.3, 0.4) is 0 Å². The smallest absolute Gasteiger partial charge is 0.228 e. The van der Waals surface area contributed by atoms with Crippen LogP contribution >= 0.6 is 23.2 Å². The Labute approximate surface area is 172 Å². The molecule has 1 aliphatic rings. The topological polar surface area (TPSA) is 70.2 Å². The van der Waals surface area contributed by atoms with Gasteiger partial charge < -0.3 is 15.0 Å². The summed E-state index contributed by atoms with van der Waals surface area (Å²) in [6.07, 6.45) is 0.222. The van der Waals surface area contributed by atoms with Gasteiger partial charge in [-0.25, -0.2) is 4.98 Å². The maximum absolute atomic E-state index is 12.4. The van der Waals surface area contributed by atoms with Crippen LogP contribution in [0.25, 0.3) is 11.0 Å². The molecule has 6 nitrogen and oxygen atoms in total. The Morgan fingerprint density at radius 3 is 2.75 bits per heavy atom. The second kappa shape index (κ2) is 8.49. The molecule has 2 heterocycles. The fraction of sp³-hybridized carbons (Fsp3) is 0.300. The normalized spacial score (nSPS) is 15.1. The lowest BCUT2D eigenvalue weighted by Gasteiger charge is -2.25. The van der Waals surface area contributed by atoms with Gasteiger partial charge >= 0.3 is 0 Å². The highest BCUT2D eigenvalue weighted by Gasteiger charge is 2.13. The van der Waals surface area contributed by atoms with E-state index >= 15 is 0 Å². The summed E-state index contributed by atoms with van der Waals surface area (Å²) in [6.45, 7) is 4.10. The molecular weight excluding hydrogens is 399 g/mol. The van der Waals surface area contributed by atoms with Crippen molar-refractivity contribution < 1.29 is 9.53 Å². The minimum Gasteiger partial charge on any atom is -0.379 e. The van der Waals surface area contributed by atoms with Crippen LogP contribution in [0.15, 0.2) is 36.4 Å². The number of carbonyl (C=O) groups excluding carboxylic acids is 1. The van der Waals surface area contributed by atoms with Crippen LogP contribution in [-0.2, 0) is 22.5 Å². The number of nitrogens with one attached hydrogen (secondary N) is 2. The zero-order valence-corrected chi connectivity index (χ0v) is 16.7. The van der Waals surface area contributed by atoms with Gasteiger partial charge in [0, 0.05) is 18.8 Å². The lowest BCUT2D eigenvalue weighted by atomic mass is 10.1. The van der Waals surface area contributed by atoms with Crippen LogP contribution in [0.5, 0.6) is 0 Å². The third-order valence-electron chi connectivity index (χ3n) is 4.64. The number of benzene rings is 2. The molecule has 2 N–H and O–H groups in total. The molecule has 0 bridgehead atoms. The van der Waals surface area contributed by atoms with Gasteiger partial charge in [0.15, 0.2) is 0 Å². The minimum atomic E-state index is -0.120. The van der Waals surface area contributed by atoms with Crippen molar-refractivity contribution in [2.45, 2.75) is 13.0 Å². The van der Waals surface area contributed by atoms with Gasteiger partial charge in [-0.1, -0.05) is 29.3 Å². The van der Waals surface area contributed by atoms with Crippen LogP contribution in [-0.4, -0.2) is 47.1 Å². The number of fused-ring (bicyclic) bond motifs is 1. The predicted octanol–water partition coefficient (Wildman–Crippen LogP) is 3.88. The standard InChI is InChI=1S/C20H20Cl2N4O2/c21-15-3-1-13(9-16(15)22)10-20(27)23-14-2-4-17-18(11-14)25-19(24-17)12-26-5-7-28-8-6-26/h1-4,9,11H,5-8,10,12H2,(H,23,27)(H,24,25). The summed E-state index contributed by atoms with van der Waals surface area (Å²) in [5, 5.41) is 3.84. The monoisotopic (exact) mass is 418 g/mol. The first kappa shape index (κ1) is 19.2. The highest BCUT2D eigenvalue weighted by molar-refractivity contribution is 6.42. The van der Waals surface area contributed by atoms with Crippen molar-refractivity contribution in [1.29, 1.82) is 0 Å². The number of amides is 1. The molecule has 3 aromatic rings. The Morgan fingerprint density at radius 2 is 1.96 bits per heavy atom. The van der Waals surface area contributed by atoms with E-state index in [2.05, 4.69) is 20.2 Å². The number of aromatic nitrogens is 2. The molecule has 1 fully saturated rings. The van der Waals surface area contributed by atoms with Gasteiger partial charge in [-0.2, -0.15) is 0 Å². The van der Waals surface area contributed by atoms with Crippen LogP contribution < -0.4 is 5.32 Å². The molecule has 0 saturated carbocycles. The third-order valence-corrected chi connectivity index (χ3v) is 5.38. The molecule has 1 amide bonds. The number of ether oxygens (including phenoxy) is 1. The largest absolute Gasteiger partial charge is 0.379 e. The van der Waals surface area contributed by atoms with E-state index in [0.29, 0.717) is 10.0 Å². The fourth-order valence-corrected chi connectivity index (χ4v) is 3.55. The number of aromatic amines is 1. The van der Waals surface area contributed by atoms with E-state index in [1.807, 2.05) is 18.2 Å². The Bertz CT molecular complexity index is 999. The Kier molecular flexibility index (Phi) is 5.82. The molecule has 1 saturated heterocycles. The van der Waals surface area contributed by atoms with Crippen molar-refractivity contribution >= 4 is 45.8 Å². The number of nitrogens with zero attached hydrogens (tertiary/aromatic N) is 2. The zero-order chi connectivity index (χ0) is 19.5. The molecule has 2 aromatic carbocycles. The van der Waals surface area contributed by atoms with Gasteiger partial charge in [0.1, 0.15) is 5.82 Å². The lowest BCUT2D eigenvalue weighted by molar-refractivity contribution is -0.115. The predicted molar refractivity (Wildman–Crippen MR) is 111 cm³/mol. The van der Waals surface area contributed by atoms with Crippen molar-refractivity contribution in [2.75, 3.05) is 31.6 Å². The molecule has 1 aromatic heterocycles. The number of morpholine rings is 1. The second-order valence-corrected chi connectivity index (χ2v) is 7.59. The summed E-state index contributed by atoms with van der Waals surface area (Å²) in [7, 11) is 0. The van der Waals surface area contributed by atoms with Gasteiger partial charge in [-0.3, -0.25) is 9.69 Å². The Balaban J connectivity index is 1.42. The van der Waals surface area contributed by atoms with E-state index in [0.717, 1.165) is 61.0 Å². The molecule has 0 radical (unpaired) electrons. The van der Waals surface area contributed by atoms with E-state index in [1.165, 1.54) is 0 Å². The van der Waals surface area contributed by atoms with Crippen LogP contribution in [0.2, 0.25) is 10.0 Å². The molecule has 28 heavy (non-hydrogen) atoms. The van der Waals surface area contributed by atoms with E-state index < -0.39 is 0 Å². The molecule has 146 valence electrons. The number of anilines is 1. The van der Waals surface area contributed by atoms with Crippen molar-refractivity contribution in [3.05, 3.63) is 57.8 Å². The molecule has 0 unspecified atom stereocenters. The number of rotatable bonds is 5. The highest BCUT2D eigenvalue weighted by atomic mass is 35.5. The first-order chi connectivity index (χ1) is 13.6. The summed E-state index contributed by atoms with van der Waals surface area (Å²) in [5.41, 5.74) is 3.31. The second-order valence-electron chi connectivity index (χ2n) is 6.78. The summed E-state index contributed by atoms with van der Waals surface area (Å²) in [4.78, 5) is 22.6. The van der Waals surface area contributed by atoms with E-state index in [-0.39, 0.29) is 12.3 Å². The van der Waals surface area contributed by atoms with Gasteiger partial charge in [-0.05, 0) is 35.9 Å². The molecule has 0 spiro atoms. The SMILES string of the molecule is O=C(Cc1ccc(Cl)c(Cl)c1)Nc1ccc2nc(CN3CCOCC3)[nH]c2c1. The average Bonchev–Trinajstić information content (AvgIpc) is 3.07. The number of carbonyl (C=O) groups is 1. The summed E-state index contributed by atoms with van der Waals surface area (Å²) < 4.78 is 5.38. The zero-order valence-electron chi connectivity index (χ0n) is 15.2. The van der Waals surface area contributed by atoms with Gasteiger partial charge in [0.25, 0.3) is 0 Å². The lowest BCUT2D eigenvalue weighted by Crippen LogP contribution is -2.35. The maximum Gasteiger partial charge on any atom is 0.228 e. The molecule has 8 heteroatoms. The fourth-order valence-electron chi connectivity index (χ4n) is 3.23. The number of hydrogen-bond donors (Lipinski definition) is 2. The average molecular weight is 419 g/mol. The third kappa shape index (κ3) is 4.64.